The van der Waals surface area contributed by atoms with Crippen LogP contribution in [0.15, 0.2) is 39.9 Å². The Kier molecular flexibility index (Phi) is 8.21. The lowest BCUT2D eigenvalue weighted by Crippen LogP contribution is -2.45. The van der Waals surface area contributed by atoms with Gasteiger partial charge in [0.25, 0.3) is 5.56 Å². The summed E-state index contributed by atoms with van der Waals surface area (Å²) in [6.45, 7) is 8.12. The largest absolute Gasteiger partial charge is 0.383 e. The second kappa shape index (κ2) is 10.6. The monoisotopic (exact) mass is 401 g/mol. The maximum Gasteiger partial charge on any atom is 0.330 e. The van der Waals surface area contributed by atoms with Crippen molar-refractivity contribution in [2.75, 3.05) is 30.3 Å². The maximum atomic E-state index is 13.2. The molecule has 0 saturated carbocycles. The summed E-state index contributed by atoms with van der Waals surface area (Å²) in [6.07, 6.45) is 1.61. The van der Waals surface area contributed by atoms with Gasteiger partial charge in [-0.3, -0.25) is 28.9 Å². The van der Waals surface area contributed by atoms with Crippen molar-refractivity contribution in [3.63, 3.8) is 0 Å². The number of unbranched alkanes of at least 4 members (excludes halogenated alkanes) is 1. The third-order valence-electron chi connectivity index (χ3n) is 4.96. The summed E-state index contributed by atoms with van der Waals surface area (Å²) in [6, 6.07) is 9.40. The van der Waals surface area contributed by atoms with Crippen LogP contribution in [0.3, 0.4) is 0 Å². The topological polar surface area (TPSA) is 104 Å². The number of amides is 1. The minimum Gasteiger partial charge on any atom is -0.383 e. The van der Waals surface area contributed by atoms with Gasteiger partial charge in [-0.05, 0) is 25.1 Å². The van der Waals surface area contributed by atoms with Gasteiger partial charge in [-0.1, -0.05) is 57.5 Å². The summed E-state index contributed by atoms with van der Waals surface area (Å²) in [5.41, 5.74) is 5.94. The lowest BCUT2D eigenvalue weighted by atomic mass is 10.2. The van der Waals surface area contributed by atoms with Crippen molar-refractivity contribution in [1.29, 1.82) is 0 Å². The average Bonchev–Trinajstić information content (AvgIpc) is 2.71. The van der Waals surface area contributed by atoms with Crippen LogP contribution in [0, 0.1) is 0 Å². The normalized spacial score (nSPS) is 11.0. The number of H-pyrrole nitrogens is 1. The van der Waals surface area contributed by atoms with Gasteiger partial charge in [0.15, 0.2) is 5.69 Å². The van der Waals surface area contributed by atoms with Crippen molar-refractivity contribution in [3.8, 4) is 0 Å². The first-order chi connectivity index (χ1) is 13.9. The van der Waals surface area contributed by atoms with Crippen LogP contribution in [0.25, 0.3) is 0 Å². The van der Waals surface area contributed by atoms with Gasteiger partial charge in [0.2, 0.25) is 5.91 Å². The number of hydrogen-bond acceptors (Lipinski definition) is 5. The number of nitrogens with two attached hydrogens (primary N) is 1. The third kappa shape index (κ3) is 5.57. The van der Waals surface area contributed by atoms with Crippen LogP contribution in [-0.4, -0.2) is 40.0 Å². The Balaban J connectivity index is 2.54. The smallest absolute Gasteiger partial charge is 0.330 e. The summed E-state index contributed by atoms with van der Waals surface area (Å²) < 4.78 is 1.34. The minimum atomic E-state index is -0.649. The fraction of sp³-hybridized carbons (Fsp3) is 0.476. The Morgan fingerprint density at radius 1 is 1.10 bits per heavy atom. The molecule has 1 aromatic heterocycles. The van der Waals surface area contributed by atoms with Crippen molar-refractivity contribution in [2.24, 2.45) is 0 Å². The summed E-state index contributed by atoms with van der Waals surface area (Å²) >= 11 is 0. The molecule has 3 N–H and O–H groups in total. The lowest BCUT2D eigenvalue weighted by molar-refractivity contribution is -0.119. The molecule has 0 fully saturated rings. The molecule has 2 aromatic rings. The van der Waals surface area contributed by atoms with Gasteiger partial charge in [-0.15, -0.1) is 0 Å². The molecule has 1 heterocycles. The number of rotatable bonds is 10. The highest BCUT2D eigenvalue weighted by Gasteiger charge is 2.25. The predicted octanol–water partition coefficient (Wildman–Crippen LogP) is 1.79. The molecular weight excluding hydrogens is 370 g/mol. The number of nitrogens with zero attached hydrogens (tertiary/aromatic N) is 3. The van der Waals surface area contributed by atoms with Gasteiger partial charge in [0.05, 0.1) is 13.1 Å². The molecule has 8 nitrogen and oxygen atoms in total. The standard InChI is InChI=1S/C21H31N5O3/c1-4-7-13-25-19(22)18(20(28)23-21(25)29)26(14-16-11-9-8-10-12-16)17(27)15-24(5-2)6-3/h8-12H,4-7,13-15,22H2,1-3H3,(H,23,28,29). The number of nitrogens with one attached hydrogen (secondary N) is 1. The molecule has 0 aliphatic heterocycles. The number of aromatic amines is 1. The number of aromatic nitrogens is 2. The van der Waals surface area contributed by atoms with Gasteiger partial charge in [-0.2, -0.15) is 0 Å². The second-order valence-electron chi connectivity index (χ2n) is 6.93. The van der Waals surface area contributed by atoms with E-state index >= 15 is 0 Å². The summed E-state index contributed by atoms with van der Waals surface area (Å²) in [5, 5.41) is 0. The molecule has 29 heavy (non-hydrogen) atoms. The van der Waals surface area contributed by atoms with Crippen molar-refractivity contribution >= 4 is 17.4 Å². The Morgan fingerprint density at radius 2 is 1.76 bits per heavy atom. The summed E-state index contributed by atoms with van der Waals surface area (Å²) in [4.78, 5) is 43.8. The number of anilines is 2. The average molecular weight is 402 g/mol. The van der Waals surface area contributed by atoms with Crippen LogP contribution in [0.1, 0.15) is 39.2 Å². The van der Waals surface area contributed by atoms with Crippen LogP contribution in [-0.2, 0) is 17.9 Å². The minimum absolute atomic E-state index is 0.0241. The Hall–Kier alpha value is -2.87. The molecular formula is C21H31N5O3. The van der Waals surface area contributed by atoms with E-state index in [9.17, 15) is 14.4 Å². The van der Waals surface area contributed by atoms with E-state index in [1.54, 1.807) is 0 Å². The fourth-order valence-electron chi connectivity index (χ4n) is 3.16. The van der Waals surface area contributed by atoms with Crippen LogP contribution >= 0.6 is 0 Å². The Bertz CT molecular complexity index is 916. The van der Waals surface area contributed by atoms with Gasteiger partial charge in [0, 0.05) is 6.54 Å². The zero-order valence-corrected chi connectivity index (χ0v) is 17.5. The van der Waals surface area contributed by atoms with E-state index in [0.29, 0.717) is 19.6 Å². The van der Waals surface area contributed by atoms with E-state index in [-0.39, 0.29) is 30.5 Å². The van der Waals surface area contributed by atoms with Gasteiger partial charge in [-0.25, -0.2) is 4.79 Å². The molecule has 0 aliphatic rings. The van der Waals surface area contributed by atoms with Gasteiger partial charge in [0.1, 0.15) is 5.82 Å². The molecule has 0 unspecified atom stereocenters. The SMILES string of the molecule is CCCCn1c(N)c(N(Cc2ccccc2)C(=O)CN(CC)CC)c(=O)[nH]c1=O. The van der Waals surface area contributed by atoms with E-state index in [4.69, 9.17) is 5.73 Å². The van der Waals surface area contributed by atoms with Crippen LogP contribution in [0.2, 0.25) is 0 Å². The molecule has 8 heteroatoms. The van der Waals surface area contributed by atoms with E-state index in [1.165, 1.54) is 9.47 Å². The number of nitrogen functional groups attached to an aromatic ring is 1. The molecule has 1 aromatic carbocycles. The molecule has 0 bridgehead atoms. The first kappa shape index (κ1) is 22.4. The first-order valence-corrected chi connectivity index (χ1v) is 10.1. The zero-order chi connectivity index (χ0) is 21.4. The van der Waals surface area contributed by atoms with Crippen LogP contribution < -0.4 is 21.9 Å². The number of hydrogen-bond donors (Lipinski definition) is 2. The first-order valence-electron chi connectivity index (χ1n) is 10.1. The van der Waals surface area contributed by atoms with Crippen molar-refractivity contribution in [3.05, 3.63) is 56.7 Å². The zero-order valence-electron chi connectivity index (χ0n) is 17.5. The van der Waals surface area contributed by atoms with Crippen LogP contribution in [0.4, 0.5) is 11.5 Å². The maximum absolute atomic E-state index is 13.2. The van der Waals surface area contributed by atoms with Gasteiger partial charge < -0.3 is 5.73 Å². The highest BCUT2D eigenvalue weighted by Crippen LogP contribution is 2.20. The highest BCUT2D eigenvalue weighted by atomic mass is 16.2. The van der Waals surface area contributed by atoms with E-state index in [2.05, 4.69) is 4.98 Å². The Labute approximate surface area is 170 Å². The molecule has 158 valence electrons. The van der Waals surface area contributed by atoms with E-state index < -0.39 is 11.2 Å². The predicted molar refractivity (Wildman–Crippen MR) is 116 cm³/mol. The molecule has 0 radical (unpaired) electrons. The second-order valence-corrected chi connectivity index (χ2v) is 6.93. The van der Waals surface area contributed by atoms with E-state index in [1.807, 2.05) is 56.0 Å². The number of likely N-dealkylation sites (N-methyl/N-ethyl adjacent to an activating group) is 1. The molecule has 0 spiro atoms. The lowest BCUT2D eigenvalue weighted by Gasteiger charge is -2.27. The van der Waals surface area contributed by atoms with Crippen molar-refractivity contribution in [2.45, 2.75) is 46.7 Å². The van der Waals surface area contributed by atoms with Crippen LogP contribution in [0.5, 0.6) is 0 Å². The van der Waals surface area contributed by atoms with Crippen molar-refractivity contribution in [1.82, 2.24) is 14.5 Å². The number of carbonyl (C=O) groups excluding carboxylic acids is 1. The van der Waals surface area contributed by atoms with Gasteiger partial charge >= 0.3 is 5.69 Å². The molecule has 0 atom stereocenters. The molecule has 0 aliphatic carbocycles. The Morgan fingerprint density at radius 3 is 2.34 bits per heavy atom. The van der Waals surface area contributed by atoms with Crippen molar-refractivity contribution < 1.29 is 4.79 Å². The molecule has 2 rings (SSSR count). The van der Waals surface area contributed by atoms with E-state index in [0.717, 1.165) is 18.4 Å². The quantitative estimate of drug-likeness (QED) is 0.632. The fourth-order valence-corrected chi connectivity index (χ4v) is 3.16. The summed E-state index contributed by atoms with van der Waals surface area (Å²) in [7, 11) is 0. The highest BCUT2D eigenvalue weighted by molar-refractivity contribution is 5.96. The number of carbonyl (C=O) groups is 1. The third-order valence-corrected chi connectivity index (χ3v) is 4.96. The molecule has 1 amide bonds. The molecule has 0 saturated heterocycles. The summed E-state index contributed by atoms with van der Waals surface area (Å²) in [5.74, 6) is -0.216. The number of benzene rings is 1.